The zero-order chi connectivity index (χ0) is 21.1. The Hall–Kier alpha value is -2.73. The first-order valence-corrected chi connectivity index (χ1v) is 9.52. The number of carbonyl (C=O) groups is 2. The smallest absolute Gasteiger partial charge is 0.338 e. The minimum atomic E-state index is -4.16. The van der Waals surface area contributed by atoms with Gasteiger partial charge in [-0.15, -0.1) is 0 Å². The number of halogens is 2. The second-order valence-electron chi connectivity index (χ2n) is 5.24. The summed E-state index contributed by atoms with van der Waals surface area (Å²) in [4.78, 5) is 33.5. The molecule has 0 aromatic heterocycles. The van der Waals surface area contributed by atoms with Crippen LogP contribution in [0.3, 0.4) is 0 Å². The average molecular weight is 448 g/mol. The second-order valence-corrected chi connectivity index (χ2v) is 7.58. The molecule has 0 atom stereocenters. The molecule has 3 N–H and O–H groups in total. The fourth-order valence-corrected chi connectivity index (χ4v) is 3.25. The lowest BCUT2D eigenvalue weighted by Gasteiger charge is -2.08. The minimum Gasteiger partial charge on any atom is -0.452 e. The molecule has 0 bridgehead atoms. The number of rotatable bonds is 6. The Bertz CT molecular complexity index is 1070. The fourth-order valence-electron chi connectivity index (χ4n) is 1.99. The highest BCUT2D eigenvalue weighted by atomic mass is 35.5. The number of sulfonamides is 1. The molecule has 0 spiro atoms. The van der Waals surface area contributed by atoms with E-state index in [9.17, 15) is 28.1 Å². The quantitative estimate of drug-likeness (QED) is 0.390. The van der Waals surface area contributed by atoms with E-state index in [-0.39, 0.29) is 21.3 Å². The maximum Gasteiger partial charge on any atom is 0.338 e. The molecule has 0 heterocycles. The molecule has 0 aliphatic carbocycles. The van der Waals surface area contributed by atoms with Crippen LogP contribution in [0.25, 0.3) is 0 Å². The number of ether oxygens (including phenoxy) is 1. The van der Waals surface area contributed by atoms with Crippen LogP contribution in [0.5, 0.6) is 0 Å². The van der Waals surface area contributed by atoms with Crippen LogP contribution in [0, 0.1) is 10.1 Å². The van der Waals surface area contributed by atoms with Crippen molar-refractivity contribution in [3.63, 3.8) is 0 Å². The van der Waals surface area contributed by atoms with Crippen molar-refractivity contribution in [2.75, 3.05) is 11.9 Å². The molecule has 0 unspecified atom stereocenters. The average Bonchev–Trinajstić information content (AvgIpc) is 2.60. The summed E-state index contributed by atoms with van der Waals surface area (Å²) < 4.78 is 27.6. The van der Waals surface area contributed by atoms with Crippen LogP contribution in [0.1, 0.15) is 10.4 Å². The van der Waals surface area contributed by atoms with Gasteiger partial charge >= 0.3 is 5.97 Å². The summed E-state index contributed by atoms with van der Waals surface area (Å²) in [6, 6.07) is 6.85. The number of benzene rings is 2. The van der Waals surface area contributed by atoms with E-state index < -0.39 is 44.0 Å². The van der Waals surface area contributed by atoms with E-state index in [1.54, 1.807) is 0 Å². The molecule has 13 heteroatoms. The number of nitro groups is 1. The Morgan fingerprint density at radius 1 is 1.14 bits per heavy atom. The summed E-state index contributed by atoms with van der Waals surface area (Å²) in [5.74, 6) is -1.79. The summed E-state index contributed by atoms with van der Waals surface area (Å²) in [7, 11) is -4.16. The lowest BCUT2D eigenvalue weighted by atomic mass is 10.2. The molecule has 2 aromatic carbocycles. The lowest BCUT2D eigenvalue weighted by Crippen LogP contribution is -2.21. The number of nitrogens with one attached hydrogen (secondary N) is 1. The third-order valence-electron chi connectivity index (χ3n) is 3.23. The number of amides is 1. The molecule has 0 saturated carbocycles. The van der Waals surface area contributed by atoms with Crippen LogP contribution < -0.4 is 10.5 Å². The Kier molecular flexibility index (Phi) is 6.56. The topological polar surface area (TPSA) is 159 Å². The van der Waals surface area contributed by atoms with Gasteiger partial charge in [0.1, 0.15) is 9.92 Å². The molecule has 10 nitrogen and oxygen atoms in total. The van der Waals surface area contributed by atoms with Crippen LogP contribution in [0.2, 0.25) is 10.0 Å². The molecular weight excluding hydrogens is 437 g/mol. The van der Waals surface area contributed by atoms with Crippen LogP contribution in [-0.2, 0) is 19.6 Å². The summed E-state index contributed by atoms with van der Waals surface area (Å²) in [5.41, 5.74) is -0.531. The zero-order valence-electron chi connectivity index (χ0n) is 13.7. The van der Waals surface area contributed by atoms with Crippen molar-refractivity contribution in [1.82, 2.24) is 0 Å². The van der Waals surface area contributed by atoms with Crippen molar-refractivity contribution in [2.24, 2.45) is 5.14 Å². The first-order valence-electron chi connectivity index (χ1n) is 7.22. The van der Waals surface area contributed by atoms with Crippen molar-refractivity contribution in [2.45, 2.75) is 4.90 Å². The van der Waals surface area contributed by atoms with E-state index in [1.807, 2.05) is 0 Å². The van der Waals surface area contributed by atoms with E-state index in [2.05, 4.69) is 5.32 Å². The number of nitrogens with zero attached hydrogens (tertiary/aromatic N) is 1. The van der Waals surface area contributed by atoms with Gasteiger partial charge in [0.15, 0.2) is 6.61 Å². The van der Waals surface area contributed by atoms with Gasteiger partial charge in [-0.1, -0.05) is 23.2 Å². The SMILES string of the molecule is NS(=O)(=O)c1cc(C(=O)OCC(=O)Nc2ccc(Cl)c([N+](=O)[O-])c2)ccc1Cl. The van der Waals surface area contributed by atoms with Crippen molar-refractivity contribution >= 4 is 56.5 Å². The molecule has 2 rings (SSSR count). The Labute approximate surface area is 168 Å². The third-order valence-corrected chi connectivity index (χ3v) is 4.95. The van der Waals surface area contributed by atoms with Crippen LogP contribution in [0.4, 0.5) is 11.4 Å². The van der Waals surface area contributed by atoms with Gasteiger partial charge in [0, 0.05) is 11.8 Å². The van der Waals surface area contributed by atoms with Crippen LogP contribution in [-0.4, -0.2) is 31.8 Å². The summed E-state index contributed by atoms with van der Waals surface area (Å²) in [5, 5.41) is 17.8. The van der Waals surface area contributed by atoms with Crippen LogP contribution in [0.15, 0.2) is 41.3 Å². The Balaban J connectivity index is 2.04. The largest absolute Gasteiger partial charge is 0.452 e. The number of hydrogen-bond acceptors (Lipinski definition) is 7. The van der Waals surface area contributed by atoms with Gasteiger partial charge in [-0.25, -0.2) is 18.4 Å². The second kappa shape index (κ2) is 8.52. The number of nitrogens with two attached hydrogens (primary N) is 1. The molecule has 0 fully saturated rings. The predicted molar refractivity (Wildman–Crippen MR) is 99.8 cm³/mol. The zero-order valence-corrected chi connectivity index (χ0v) is 16.0. The van der Waals surface area contributed by atoms with Crippen LogP contribution >= 0.6 is 23.2 Å². The van der Waals surface area contributed by atoms with E-state index in [4.69, 9.17) is 33.1 Å². The van der Waals surface area contributed by atoms with Gasteiger partial charge in [0.25, 0.3) is 11.6 Å². The number of carbonyl (C=O) groups excluding carboxylic acids is 2. The first-order chi connectivity index (χ1) is 13.0. The Morgan fingerprint density at radius 2 is 1.79 bits per heavy atom. The first kappa shape index (κ1) is 21.6. The van der Waals surface area contributed by atoms with E-state index in [0.29, 0.717) is 0 Å². The highest BCUT2D eigenvalue weighted by Crippen LogP contribution is 2.27. The summed E-state index contributed by atoms with van der Waals surface area (Å²) >= 11 is 11.4. The van der Waals surface area contributed by atoms with Crippen molar-refractivity contribution < 1.29 is 27.7 Å². The molecule has 0 aliphatic rings. The van der Waals surface area contributed by atoms with Gasteiger partial charge in [-0.05, 0) is 30.3 Å². The van der Waals surface area contributed by atoms with Gasteiger partial charge < -0.3 is 10.1 Å². The fraction of sp³-hybridized carbons (Fsp3) is 0.0667. The molecular formula is C15H11Cl2N3O7S. The molecule has 0 aliphatic heterocycles. The molecule has 2 aromatic rings. The molecule has 1 amide bonds. The Morgan fingerprint density at radius 3 is 2.39 bits per heavy atom. The summed E-state index contributed by atoms with van der Waals surface area (Å²) in [6.07, 6.45) is 0. The number of nitro benzene ring substituents is 1. The number of hydrogen-bond donors (Lipinski definition) is 2. The maximum atomic E-state index is 12.0. The number of primary sulfonamides is 1. The highest BCUT2D eigenvalue weighted by molar-refractivity contribution is 7.89. The van der Waals surface area contributed by atoms with E-state index in [1.165, 1.54) is 18.2 Å². The normalized spacial score (nSPS) is 11.0. The van der Waals surface area contributed by atoms with E-state index in [0.717, 1.165) is 18.2 Å². The standard InChI is InChI=1S/C15H11Cl2N3O7S/c16-10-4-2-9(6-12(10)20(23)24)19-14(21)7-27-15(22)8-1-3-11(17)13(5-8)28(18,25)26/h1-6H,7H2,(H,19,21)(H2,18,25,26). The molecule has 148 valence electrons. The van der Waals surface area contributed by atoms with Crippen molar-refractivity contribution in [3.05, 3.63) is 62.1 Å². The molecule has 0 radical (unpaired) electrons. The molecule has 0 saturated heterocycles. The predicted octanol–water partition coefficient (Wildman–Crippen LogP) is 2.34. The van der Waals surface area contributed by atoms with Gasteiger partial charge in [0.05, 0.1) is 15.5 Å². The van der Waals surface area contributed by atoms with Gasteiger partial charge in [0.2, 0.25) is 10.0 Å². The van der Waals surface area contributed by atoms with Gasteiger partial charge in [-0.3, -0.25) is 14.9 Å². The third kappa shape index (κ3) is 5.39. The van der Waals surface area contributed by atoms with Crippen molar-refractivity contribution in [1.29, 1.82) is 0 Å². The lowest BCUT2D eigenvalue weighted by molar-refractivity contribution is -0.384. The highest BCUT2D eigenvalue weighted by Gasteiger charge is 2.18. The number of anilines is 1. The van der Waals surface area contributed by atoms with Crippen molar-refractivity contribution in [3.8, 4) is 0 Å². The molecule has 28 heavy (non-hydrogen) atoms. The van der Waals surface area contributed by atoms with Gasteiger partial charge in [-0.2, -0.15) is 0 Å². The van der Waals surface area contributed by atoms with E-state index >= 15 is 0 Å². The minimum absolute atomic E-state index is 0.0696. The summed E-state index contributed by atoms with van der Waals surface area (Å²) in [6.45, 7) is -0.734. The maximum absolute atomic E-state index is 12.0. The number of esters is 1. The monoisotopic (exact) mass is 447 g/mol.